The van der Waals surface area contributed by atoms with E-state index < -0.39 is 0 Å². The van der Waals surface area contributed by atoms with Gasteiger partial charge in [0.25, 0.3) is 0 Å². The Labute approximate surface area is 109 Å². The van der Waals surface area contributed by atoms with Gasteiger partial charge in [-0.25, -0.2) is 0 Å². The zero-order valence-corrected chi connectivity index (χ0v) is 11.5. The Bertz CT molecular complexity index is 415. The van der Waals surface area contributed by atoms with E-state index in [2.05, 4.69) is 35.9 Å². The molecule has 1 unspecified atom stereocenters. The van der Waals surface area contributed by atoms with Crippen molar-refractivity contribution in [1.82, 2.24) is 9.88 Å². The van der Waals surface area contributed by atoms with Crippen LogP contribution < -0.4 is 0 Å². The molecule has 2 aliphatic heterocycles. The lowest BCUT2D eigenvalue weighted by atomic mass is 9.75. The molecule has 1 aromatic heterocycles. The highest BCUT2D eigenvalue weighted by atomic mass is 16.5. The highest BCUT2D eigenvalue weighted by molar-refractivity contribution is 5.20. The maximum atomic E-state index is 5.35. The molecule has 18 heavy (non-hydrogen) atoms. The molecule has 1 atom stereocenters. The molecule has 0 radical (unpaired) electrons. The average molecular weight is 246 g/mol. The van der Waals surface area contributed by atoms with Crippen LogP contribution in [0.5, 0.6) is 0 Å². The van der Waals surface area contributed by atoms with Gasteiger partial charge in [-0.15, -0.1) is 0 Å². The van der Waals surface area contributed by atoms with Gasteiger partial charge >= 0.3 is 0 Å². The Hall–Kier alpha value is -0.930. The van der Waals surface area contributed by atoms with E-state index in [1.54, 1.807) is 0 Å². The minimum absolute atomic E-state index is 0.491. The zero-order valence-electron chi connectivity index (χ0n) is 11.5. The molecule has 0 bridgehead atoms. The number of aryl methyl sites for hydroxylation is 1. The average Bonchev–Trinajstić information content (AvgIpc) is 2.21. The fourth-order valence-corrected chi connectivity index (χ4v) is 3.26. The normalized spacial score (nSPS) is 23.8. The summed E-state index contributed by atoms with van der Waals surface area (Å²) >= 11 is 0. The summed E-state index contributed by atoms with van der Waals surface area (Å²) in [7, 11) is 0. The molecule has 2 aliphatic rings. The van der Waals surface area contributed by atoms with Gasteiger partial charge < -0.3 is 4.74 Å². The third kappa shape index (κ3) is 1.95. The van der Waals surface area contributed by atoms with E-state index >= 15 is 0 Å². The van der Waals surface area contributed by atoms with Crippen LogP contribution in [-0.2, 0) is 4.74 Å². The topological polar surface area (TPSA) is 25.4 Å². The van der Waals surface area contributed by atoms with Crippen LogP contribution in [0.3, 0.4) is 0 Å². The number of likely N-dealkylation sites (tertiary alicyclic amines) is 1. The summed E-state index contributed by atoms with van der Waals surface area (Å²) in [5, 5.41) is 0. The van der Waals surface area contributed by atoms with Crippen LogP contribution >= 0.6 is 0 Å². The summed E-state index contributed by atoms with van der Waals surface area (Å²) in [6, 6.07) is 4.85. The number of hydrogen-bond donors (Lipinski definition) is 0. The van der Waals surface area contributed by atoms with Gasteiger partial charge in [-0.1, -0.05) is 19.9 Å². The Balaban J connectivity index is 1.75. The molecule has 3 nitrogen and oxygen atoms in total. The summed E-state index contributed by atoms with van der Waals surface area (Å²) in [5.74, 6) is 0.618. The van der Waals surface area contributed by atoms with Gasteiger partial charge in [-0.05, 0) is 24.5 Å². The van der Waals surface area contributed by atoms with E-state index in [0.717, 1.165) is 18.9 Å². The second-order valence-electron chi connectivity index (χ2n) is 6.32. The molecular formula is C15H22N2O. The molecule has 0 aliphatic carbocycles. The molecule has 2 fully saturated rings. The first kappa shape index (κ1) is 12.1. The van der Waals surface area contributed by atoms with Gasteiger partial charge in [0.05, 0.1) is 13.2 Å². The predicted octanol–water partition coefficient (Wildman–Crippen LogP) is 2.42. The van der Waals surface area contributed by atoms with E-state index in [-0.39, 0.29) is 0 Å². The fraction of sp³-hybridized carbons (Fsp3) is 0.667. The van der Waals surface area contributed by atoms with Crippen LogP contribution in [0.4, 0.5) is 0 Å². The minimum atomic E-state index is 0.491. The molecule has 0 aromatic carbocycles. The van der Waals surface area contributed by atoms with Crippen molar-refractivity contribution in [3.63, 3.8) is 0 Å². The van der Waals surface area contributed by atoms with Crippen LogP contribution in [0, 0.1) is 18.3 Å². The number of ether oxygens (including phenoxy) is 1. The Morgan fingerprint density at radius 1 is 1.28 bits per heavy atom. The molecule has 3 rings (SSSR count). The fourth-order valence-electron chi connectivity index (χ4n) is 3.26. The Morgan fingerprint density at radius 2 is 2.00 bits per heavy atom. The molecule has 3 heterocycles. The highest BCUT2D eigenvalue weighted by Gasteiger charge is 2.51. The van der Waals surface area contributed by atoms with Crippen molar-refractivity contribution in [2.24, 2.45) is 11.3 Å². The quantitative estimate of drug-likeness (QED) is 0.819. The summed E-state index contributed by atoms with van der Waals surface area (Å²) in [6.07, 6.45) is 2.04. The number of pyridine rings is 1. The van der Waals surface area contributed by atoms with Gasteiger partial charge in [0.2, 0.25) is 0 Å². The lowest BCUT2D eigenvalue weighted by Crippen LogP contribution is -2.66. The summed E-state index contributed by atoms with van der Waals surface area (Å²) < 4.78 is 5.35. The minimum Gasteiger partial charge on any atom is -0.380 e. The van der Waals surface area contributed by atoms with Crippen molar-refractivity contribution >= 4 is 0 Å². The molecule has 0 saturated carbocycles. The molecule has 3 heteroatoms. The number of hydrogen-bond acceptors (Lipinski definition) is 3. The largest absolute Gasteiger partial charge is 0.380 e. The maximum Gasteiger partial charge on any atom is 0.0569 e. The molecule has 98 valence electrons. The third-order valence-corrected chi connectivity index (χ3v) is 4.19. The lowest BCUT2D eigenvalue weighted by Gasteiger charge is -2.58. The number of rotatable bonds is 3. The van der Waals surface area contributed by atoms with E-state index in [1.807, 2.05) is 13.1 Å². The van der Waals surface area contributed by atoms with E-state index in [4.69, 9.17) is 4.74 Å². The van der Waals surface area contributed by atoms with Gasteiger partial charge in [-0.3, -0.25) is 9.88 Å². The van der Waals surface area contributed by atoms with Crippen molar-refractivity contribution in [3.05, 3.63) is 29.6 Å². The second kappa shape index (κ2) is 4.32. The van der Waals surface area contributed by atoms with Crippen LogP contribution in [0.2, 0.25) is 0 Å². The first-order valence-corrected chi connectivity index (χ1v) is 6.84. The van der Waals surface area contributed by atoms with Gasteiger partial charge in [0.15, 0.2) is 0 Å². The standard InChI is InChI=1S/C15H22N2O/c1-11(2)14(13-5-4-12(3)16-6-13)17-7-15(8-17)9-18-10-15/h4-6,11,14H,7-10H2,1-3H3. The summed E-state index contributed by atoms with van der Waals surface area (Å²) in [5.41, 5.74) is 2.94. The molecule has 2 saturated heterocycles. The Morgan fingerprint density at radius 3 is 2.44 bits per heavy atom. The van der Waals surface area contributed by atoms with Crippen molar-refractivity contribution < 1.29 is 4.74 Å². The van der Waals surface area contributed by atoms with Gasteiger partial charge in [0.1, 0.15) is 0 Å². The third-order valence-electron chi connectivity index (χ3n) is 4.19. The van der Waals surface area contributed by atoms with Crippen LogP contribution in [0.25, 0.3) is 0 Å². The monoisotopic (exact) mass is 246 g/mol. The zero-order chi connectivity index (χ0) is 12.8. The van der Waals surface area contributed by atoms with E-state index in [1.165, 1.54) is 18.7 Å². The van der Waals surface area contributed by atoms with Gasteiger partial charge in [-0.2, -0.15) is 0 Å². The van der Waals surface area contributed by atoms with Gasteiger partial charge in [0, 0.05) is 36.4 Å². The Kier molecular flexibility index (Phi) is 2.91. The molecule has 1 aromatic rings. The predicted molar refractivity (Wildman–Crippen MR) is 71.4 cm³/mol. The van der Waals surface area contributed by atoms with Crippen LogP contribution in [-0.4, -0.2) is 36.2 Å². The van der Waals surface area contributed by atoms with Crippen molar-refractivity contribution in [1.29, 1.82) is 0 Å². The molecular weight excluding hydrogens is 224 g/mol. The molecule has 1 spiro atoms. The van der Waals surface area contributed by atoms with E-state index in [0.29, 0.717) is 17.4 Å². The summed E-state index contributed by atoms with van der Waals surface area (Å²) in [4.78, 5) is 7.03. The smallest absolute Gasteiger partial charge is 0.0569 e. The maximum absolute atomic E-state index is 5.35. The van der Waals surface area contributed by atoms with Crippen molar-refractivity contribution in [2.45, 2.75) is 26.8 Å². The highest BCUT2D eigenvalue weighted by Crippen LogP contribution is 2.43. The number of aromatic nitrogens is 1. The van der Waals surface area contributed by atoms with Crippen LogP contribution in [0.1, 0.15) is 31.1 Å². The van der Waals surface area contributed by atoms with Crippen molar-refractivity contribution in [2.75, 3.05) is 26.3 Å². The lowest BCUT2D eigenvalue weighted by molar-refractivity contribution is -0.202. The van der Waals surface area contributed by atoms with E-state index in [9.17, 15) is 0 Å². The molecule has 0 N–H and O–H groups in total. The van der Waals surface area contributed by atoms with Crippen molar-refractivity contribution in [3.8, 4) is 0 Å². The first-order valence-electron chi connectivity index (χ1n) is 6.84. The SMILES string of the molecule is Cc1ccc(C(C(C)C)N2CC3(COC3)C2)cn1. The summed E-state index contributed by atoms with van der Waals surface area (Å²) in [6.45, 7) is 10.9. The first-order chi connectivity index (χ1) is 8.60. The second-order valence-corrected chi connectivity index (χ2v) is 6.32. The van der Waals surface area contributed by atoms with Crippen LogP contribution in [0.15, 0.2) is 18.3 Å². The number of nitrogens with zero attached hydrogens (tertiary/aromatic N) is 2. The molecule has 0 amide bonds.